The van der Waals surface area contributed by atoms with E-state index < -0.39 is 5.91 Å². The van der Waals surface area contributed by atoms with E-state index in [0.717, 1.165) is 11.1 Å². The van der Waals surface area contributed by atoms with Gasteiger partial charge in [0.05, 0.1) is 16.7 Å². The molecule has 0 spiro atoms. The monoisotopic (exact) mass is 558 g/mol. The number of hydrogen-bond donors (Lipinski definition) is 1. The van der Waals surface area contributed by atoms with Crippen molar-refractivity contribution in [2.45, 2.75) is 20.5 Å². The van der Waals surface area contributed by atoms with Gasteiger partial charge in [0.1, 0.15) is 18.2 Å². The van der Waals surface area contributed by atoms with Crippen LogP contribution in [0.1, 0.15) is 23.6 Å². The zero-order valence-corrected chi connectivity index (χ0v) is 21.6. The standard InChI is InChI=1S/C26H21BrCl2N2O3/c1-3-33-24-12-18(11-19(14-30)26(32)31-23-7-5-4-6-16(23)2)20(27)13-25(24)34-15-17-8-9-21(28)22(29)10-17/h4-13H,3,15H2,1-2H3,(H,31,32)/b19-11+. The van der Waals surface area contributed by atoms with Crippen molar-refractivity contribution >= 4 is 56.8 Å². The van der Waals surface area contributed by atoms with Crippen LogP contribution in [-0.4, -0.2) is 12.5 Å². The summed E-state index contributed by atoms with van der Waals surface area (Å²) in [4.78, 5) is 12.7. The topological polar surface area (TPSA) is 71.3 Å². The Labute approximate surface area is 217 Å². The van der Waals surface area contributed by atoms with Crippen LogP contribution in [0.4, 0.5) is 5.69 Å². The fraction of sp³-hybridized carbons (Fsp3) is 0.154. The van der Waals surface area contributed by atoms with Gasteiger partial charge in [-0.3, -0.25) is 4.79 Å². The van der Waals surface area contributed by atoms with Crippen LogP contribution >= 0.6 is 39.1 Å². The lowest BCUT2D eigenvalue weighted by atomic mass is 10.1. The number of carbonyl (C=O) groups is 1. The molecule has 0 fully saturated rings. The van der Waals surface area contributed by atoms with Crippen LogP contribution in [0.5, 0.6) is 11.5 Å². The minimum atomic E-state index is -0.499. The summed E-state index contributed by atoms with van der Waals surface area (Å²) in [5.74, 6) is 0.482. The third-order valence-electron chi connectivity index (χ3n) is 4.80. The second kappa shape index (κ2) is 11.9. The summed E-state index contributed by atoms with van der Waals surface area (Å²) in [6.45, 7) is 4.40. The summed E-state index contributed by atoms with van der Waals surface area (Å²) in [5.41, 5.74) is 2.94. The number of benzene rings is 3. The summed E-state index contributed by atoms with van der Waals surface area (Å²) in [7, 11) is 0. The van der Waals surface area contributed by atoms with Crippen LogP contribution in [0.15, 0.2) is 64.6 Å². The van der Waals surface area contributed by atoms with Crippen LogP contribution in [0.25, 0.3) is 6.08 Å². The van der Waals surface area contributed by atoms with Crippen molar-refractivity contribution in [3.05, 3.63) is 91.4 Å². The second-order valence-electron chi connectivity index (χ2n) is 7.23. The Hall–Kier alpha value is -2.98. The van der Waals surface area contributed by atoms with Gasteiger partial charge in [0.15, 0.2) is 11.5 Å². The van der Waals surface area contributed by atoms with Crippen molar-refractivity contribution in [2.75, 3.05) is 11.9 Å². The maximum absolute atomic E-state index is 12.7. The predicted molar refractivity (Wildman–Crippen MR) is 140 cm³/mol. The zero-order chi connectivity index (χ0) is 24.7. The Kier molecular flexibility index (Phi) is 9.00. The molecule has 0 aliphatic heterocycles. The Morgan fingerprint density at radius 1 is 1.09 bits per heavy atom. The third-order valence-corrected chi connectivity index (χ3v) is 6.23. The lowest BCUT2D eigenvalue weighted by Crippen LogP contribution is -2.14. The van der Waals surface area contributed by atoms with Gasteiger partial charge >= 0.3 is 0 Å². The molecule has 0 atom stereocenters. The molecular formula is C26H21BrCl2N2O3. The quantitative estimate of drug-likeness (QED) is 0.228. The second-order valence-corrected chi connectivity index (χ2v) is 8.90. The molecule has 0 radical (unpaired) electrons. The number of aryl methyl sites for hydroxylation is 1. The molecule has 8 heteroatoms. The van der Waals surface area contributed by atoms with Crippen LogP contribution in [0.3, 0.4) is 0 Å². The molecule has 0 aliphatic rings. The van der Waals surface area contributed by atoms with Gasteiger partial charge < -0.3 is 14.8 Å². The number of hydrogen-bond acceptors (Lipinski definition) is 4. The molecule has 0 unspecified atom stereocenters. The van der Waals surface area contributed by atoms with E-state index in [-0.39, 0.29) is 12.2 Å². The maximum Gasteiger partial charge on any atom is 0.266 e. The molecule has 1 amide bonds. The molecule has 34 heavy (non-hydrogen) atoms. The summed E-state index contributed by atoms with van der Waals surface area (Å²) in [6, 6.07) is 18.1. The Bertz CT molecular complexity index is 1290. The minimum absolute atomic E-state index is 0.0455. The summed E-state index contributed by atoms with van der Waals surface area (Å²) < 4.78 is 12.3. The lowest BCUT2D eigenvalue weighted by molar-refractivity contribution is -0.112. The van der Waals surface area contributed by atoms with E-state index >= 15 is 0 Å². The maximum atomic E-state index is 12.7. The van der Waals surface area contributed by atoms with E-state index in [4.69, 9.17) is 32.7 Å². The van der Waals surface area contributed by atoms with E-state index in [1.807, 2.05) is 44.2 Å². The Morgan fingerprint density at radius 3 is 2.50 bits per heavy atom. The fourth-order valence-electron chi connectivity index (χ4n) is 3.04. The summed E-state index contributed by atoms with van der Waals surface area (Å²) in [5, 5.41) is 13.3. The van der Waals surface area contributed by atoms with Crippen molar-refractivity contribution in [1.29, 1.82) is 5.26 Å². The molecule has 174 valence electrons. The van der Waals surface area contributed by atoms with Crippen LogP contribution < -0.4 is 14.8 Å². The van der Waals surface area contributed by atoms with Crippen molar-refractivity contribution in [3.63, 3.8) is 0 Å². The smallest absolute Gasteiger partial charge is 0.266 e. The van der Waals surface area contributed by atoms with Gasteiger partial charge in [-0.2, -0.15) is 5.26 Å². The predicted octanol–water partition coefficient (Wildman–Crippen LogP) is 7.59. The normalized spacial score (nSPS) is 11.0. The van der Waals surface area contributed by atoms with Gasteiger partial charge in [0.25, 0.3) is 5.91 Å². The summed E-state index contributed by atoms with van der Waals surface area (Å²) >= 11 is 15.6. The molecule has 3 rings (SSSR count). The first-order valence-corrected chi connectivity index (χ1v) is 11.9. The molecule has 1 N–H and O–H groups in total. The Morgan fingerprint density at radius 2 is 1.82 bits per heavy atom. The third kappa shape index (κ3) is 6.54. The van der Waals surface area contributed by atoms with E-state index in [1.165, 1.54) is 6.08 Å². The molecule has 3 aromatic carbocycles. The van der Waals surface area contributed by atoms with E-state index in [9.17, 15) is 10.1 Å². The van der Waals surface area contributed by atoms with Crippen molar-refractivity contribution in [3.8, 4) is 17.6 Å². The van der Waals surface area contributed by atoms with Crippen molar-refractivity contribution < 1.29 is 14.3 Å². The number of nitriles is 1. The number of nitrogens with zero attached hydrogens (tertiary/aromatic N) is 1. The van der Waals surface area contributed by atoms with Gasteiger partial charge in [-0.15, -0.1) is 0 Å². The molecule has 0 bridgehead atoms. The number of anilines is 1. The zero-order valence-electron chi connectivity index (χ0n) is 18.5. The van der Waals surface area contributed by atoms with E-state index in [1.54, 1.807) is 30.3 Å². The van der Waals surface area contributed by atoms with Gasteiger partial charge in [0.2, 0.25) is 0 Å². The number of amides is 1. The molecule has 0 saturated heterocycles. The first-order chi connectivity index (χ1) is 16.3. The first kappa shape index (κ1) is 25.6. The largest absolute Gasteiger partial charge is 0.490 e. The number of carbonyl (C=O) groups excluding carboxylic acids is 1. The van der Waals surface area contributed by atoms with Gasteiger partial charge in [-0.25, -0.2) is 0 Å². The SMILES string of the molecule is CCOc1cc(/C=C(\C#N)C(=O)Nc2ccccc2C)c(Br)cc1OCc1ccc(Cl)c(Cl)c1. The van der Waals surface area contributed by atoms with E-state index in [0.29, 0.717) is 43.9 Å². The number of para-hydroxylation sites is 1. The van der Waals surface area contributed by atoms with Crippen LogP contribution in [0.2, 0.25) is 10.0 Å². The highest BCUT2D eigenvalue weighted by atomic mass is 79.9. The average molecular weight is 560 g/mol. The number of nitrogens with one attached hydrogen (secondary N) is 1. The molecule has 3 aromatic rings. The highest BCUT2D eigenvalue weighted by Crippen LogP contribution is 2.36. The molecule has 0 saturated carbocycles. The molecule has 5 nitrogen and oxygen atoms in total. The highest BCUT2D eigenvalue weighted by molar-refractivity contribution is 9.10. The minimum Gasteiger partial charge on any atom is -0.490 e. The van der Waals surface area contributed by atoms with Crippen LogP contribution in [-0.2, 0) is 11.4 Å². The molecular weight excluding hydrogens is 539 g/mol. The molecule has 0 aromatic heterocycles. The molecule has 0 heterocycles. The summed E-state index contributed by atoms with van der Waals surface area (Å²) in [6.07, 6.45) is 1.50. The van der Waals surface area contributed by atoms with Crippen molar-refractivity contribution in [2.24, 2.45) is 0 Å². The first-order valence-electron chi connectivity index (χ1n) is 10.3. The Balaban J connectivity index is 1.86. The fourth-order valence-corrected chi connectivity index (χ4v) is 3.80. The number of rotatable bonds is 8. The van der Waals surface area contributed by atoms with Gasteiger partial charge in [-0.1, -0.05) is 63.4 Å². The van der Waals surface area contributed by atoms with Crippen molar-refractivity contribution in [1.82, 2.24) is 0 Å². The van der Waals surface area contributed by atoms with Gasteiger partial charge in [0, 0.05) is 10.2 Å². The van der Waals surface area contributed by atoms with Crippen LogP contribution in [0, 0.1) is 18.3 Å². The van der Waals surface area contributed by atoms with E-state index in [2.05, 4.69) is 21.2 Å². The average Bonchev–Trinajstić information content (AvgIpc) is 2.81. The molecule has 0 aliphatic carbocycles. The van der Waals surface area contributed by atoms with Gasteiger partial charge in [-0.05, 0) is 66.9 Å². The highest BCUT2D eigenvalue weighted by Gasteiger charge is 2.15. The number of halogens is 3. The lowest BCUT2D eigenvalue weighted by Gasteiger charge is -2.14. The number of ether oxygens (including phenoxy) is 2.